The molecule has 19 heavy (non-hydrogen) atoms. The van der Waals surface area contributed by atoms with Crippen LogP contribution < -0.4 is 5.73 Å². The van der Waals surface area contributed by atoms with Crippen LogP contribution in [0.15, 0.2) is 0 Å². The van der Waals surface area contributed by atoms with E-state index in [9.17, 15) is 4.79 Å². The first kappa shape index (κ1) is 14.5. The van der Waals surface area contributed by atoms with Crippen LogP contribution in [-0.4, -0.2) is 34.9 Å². The zero-order chi connectivity index (χ0) is 14.0. The molecule has 0 aliphatic carbocycles. The van der Waals surface area contributed by atoms with E-state index in [4.69, 9.17) is 5.73 Å². The molecule has 1 amide bonds. The Kier molecular flexibility index (Phi) is 4.58. The molecule has 1 aliphatic rings. The minimum atomic E-state index is 0.146. The van der Waals surface area contributed by atoms with Gasteiger partial charge in [-0.3, -0.25) is 4.79 Å². The fourth-order valence-electron chi connectivity index (χ4n) is 2.41. The smallest absolute Gasteiger partial charge is 0.265 e. The molecule has 4 nitrogen and oxygen atoms in total. The minimum Gasteiger partial charge on any atom is -0.338 e. The average molecular weight is 281 g/mol. The first-order chi connectivity index (χ1) is 8.97. The van der Waals surface area contributed by atoms with E-state index in [1.54, 1.807) is 0 Å². The van der Waals surface area contributed by atoms with Crippen molar-refractivity contribution >= 4 is 17.2 Å². The largest absolute Gasteiger partial charge is 0.338 e. The topological polar surface area (TPSA) is 59.2 Å². The van der Waals surface area contributed by atoms with E-state index in [0.717, 1.165) is 47.9 Å². The second kappa shape index (κ2) is 6.01. The summed E-state index contributed by atoms with van der Waals surface area (Å²) in [5.74, 6) is 0.663. The van der Waals surface area contributed by atoms with E-state index in [1.165, 1.54) is 11.3 Å². The maximum Gasteiger partial charge on any atom is 0.265 e. The highest BCUT2D eigenvalue weighted by Gasteiger charge is 2.25. The van der Waals surface area contributed by atoms with Gasteiger partial charge in [-0.1, -0.05) is 13.8 Å². The SMILES string of the molecule is Cc1nc(CC(C)C)c(C(=O)N2CCC(N)CC2)s1. The summed E-state index contributed by atoms with van der Waals surface area (Å²) < 4.78 is 0. The molecule has 106 valence electrons. The van der Waals surface area contributed by atoms with Crippen molar-refractivity contribution in [1.82, 2.24) is 9.88 Å². The Morgan fingerprint density at radius 3 is 2.68 bits per heavy atom. The van der Waals surface area contributed by atoms with Crippen LogP contribution in [0.25, 0.3) is 0 Å². The Hall–Kier alpha value is -0.940. The number of likely N-dealkylation sites (tertiary alicyclic amines) is 1. The van der Waals surface area contributed by atoms with Gasteiger partial charge in [-0.15, -0.1) is 11.3 Å². The normalized spacial score (nSPS) is 17.2. The van der Waals surface area contributed by atoms with Crippen LogP contribution in [0.1, 0.15) is 47.1 Å². The fourth-order valence-corrected chi connectivity index (χ4v) is 3.32. The molecule has 1 fully saturated rings. The number of hydrogen-bond donors (Lipinski definition) is 1. The molecular formula is C14H23N3OS. The lowest BCUT2D eigenvalue weighted by atomic mass is 10.0. The second-order valence-electron chi connectivity index (χ2n) is 5.74. The lowest BCUT2D eigenvalue weighted by Crippen LogP contribution is -2.42. The summed E-state index contributed by atoms with van der Waals surface area (Å²) in [7, 11) is 0. The number of carbonyl (C=O) groups is 1. The highest BCUT2D eigenvalue weighted by molar-refractivity contribution is 7.13. The standard InChI is InChI=1S/C14H23N3OS/c1-9(2)8-12-13(19-10(3)16-12)14(18)17-6-4-11(15)5-7-17/h9,11H,4-8,15H2,1-3H3. The number of carbonyl (C=O) groups excluding carboxylic acids is 1. The van der Waals surface area contributed by atoms with Crippen LogP contribution >= 0.6 is 11.3 Å². The third kappa shape index (κ3) is 3.54. The Bertz CT molecular complexity index is 448. The number of aryl methyl sites for hydroxylation is 1. The number of nitrogens with two attached hydrogens (primary N) is 1. The molecule has 5 heteroatoms. The van der Waals surface area contributed by atoms with Crippen molar-refractivity contribution in [1.29, 1.82) is 0 Å². The highest BCUT2D eigenvalue weighted by atomic mass is 32.1. The van der Waals surface area contributed by atoms with Gasteiger partial charge in [0.05, 0.1) is 10.7 Å². The maximum absolute atomic E-state index is 12.6. The zero-order valence-corrected chi connectivity index (χ0v) is 12.8. The summed E-state index contributed by atoms with van der Waals surface area (Å²) in [6.07, 6.45) is 2.69. The van der Waals surface area contributed by atoms with Crippen molar-refractivity contribution in [2.45, 2.75) is 46.1 Å². The molecule has 1 aliphatic heterocycles. The van der Waals surface area contributed by atoms with Gasteiger partial charge in [-0.05, 0) is 32.1 Å². The lowest BCUT2D eigenvalue weighted by molar-refractivity contribution is 0.0718. The van der Waals surface area contributed by atoms with E-state index in [2.05, 4.69) is 18.8 Å². The zero-order valence-electron chi connectivity index (χ0n) is 12.0. The molecule has 0 saturated carbocycles. The Balaban J connectivity index is 2.14. The van der Waals surface area contributed by atoms with Gasteiger partial charge in [-0.2, -0.15) is 0 Å². The van der Waals surface area contributed by atoms with E-state index in [-0.39, 0.29) is 11.9 Å². The van der Waals surface area contributed by atoms with Crippen molar-refractivity contribution < 1.29 is 4.79 Å². The van der Waals surface area contributed by atoms with E-state index < -0.39 is 0 Å². The van der Waals surface area contributed by atoms with E-state index >= 15 is 0 Å². The second-order valence-corrected chi connectivity index (χ2v) is 6.94. The van der Waals surface area contributed by atoms with Crippen molar-refractivity contribution in [3.8, 4) is 0 Å². The van der Waals surface area contributed by atoms with Crippen LogP contribution in [0, 0.1) is 12.8 Å². The molecule has 1 saturated heterocycles. The molecule has 0 aromatic carbocycles. The quantitative estimate of drug-likeness (QED) is 0.924. The van der Waals surface area contributed by atoms with Gasteiger partial charge in [0.15, 0.2) is 0 Å². The van der Waals surface area contributed by atoms with Gasteiger partial charge in [0.1, 0.15) is 4.88 Å². The number of rotatable bonds is 3. The molecule has 2 heterocycles. The summed E-state index contributed by atoms with van der Waals surface area (Å²) in [6, 6.07) is 0.252. The molecule has 0 spiro atoms. The molecule has 0 bridgehead atoms. The van der Waals surface area contributed by atoms with Crippen molar-refractivity contribution in [3.05, 3.63) is 15.6 Å². The summed E-state index contributed by atoms with van der Waals surface area (Å²) >= 11 is 1.53. The third-order valence-electron chi connectivity index (χ3n) is 3.43. The fraction of sp³-hybridized carbons (Fsp3) is 0.714. The summed E-state index contributed by atoms with van der Waals surface area (Å²) in [6.45, 7) is 7.83. The lowest BCUT2D eigenvalue weighted by Gasteiger charge is -2.30. The van der Waals surface area contributed by atoms with E-state index in [1.807, 2.05) is 11.8 Å². The summed E-state index contributed by atoms with van der Waals surface area (Å²) in [5.41, 5.74) is 6.86. The molecule has 1 aromatic heterocycles. The molecule has 0 atom stereocenters. The number of thiazole rings is 1. The first-order valence-electron chi connectivity index (χ1n) is 6.98. The maximum atomic E-state index is 12.6. The molecular weight excluding hydrogens is 258 g/mol. The van der Waals surface area contributed by atoms with Crippen LogP contribution in [0.4, 0.5) is 0 Å². The molecule has 0 radical (unpaired) electrons. The Labute approximate surface area is 119 Å². The van der Waals surface area contributed by atoms with Crippen LogP contribution in [0.2, 0.25) is 0 Å². The van der Waals surface area contributed by atoms with Gasteiger partial charge in [-0.25, -0.2) is 4.98 Å². The number of piperidine rings is 1. The highest BCUT2D eigenvalue weighted by Crippen LogP contribution is 2.24. The number of aromatic nitrogens is 1. The predicted molar refractivity (Wildman–Crippen MR) is 78.5 cm³/mol. The molecule has 2 rings (SSSR count). The van der Waals surface area contributed by atoms with Crippen molar-refractivity contribution in [2.24, 2.45) is 11.7 Å². The molecule has 1 aromatic rings. The summed E-state index contributed by atoms with van der Waals surface area (Å²) in [5, 5.41) is 0.979. The van der Waals surface area contributed by atoms with Crippen LogP contribution in [0.5, 0.6) is 0 Å². The average Bonchev–Trinajstić information content (AvgIpc) is 2.69. The number of nitrogens with zero attached hydrogens (tertiary/aromatic N) is 2. The first-order valence-corrected chi connectivity index (χ1v) is 7.80. The Morgan fingerprint density at radius 2 is 2.11 bits per heavy atom. The monoisotopic (exact) mass is 281 g/mol. The number of amides is 1. The van der Waals surface area contributed by atoms with Crippen molar-refractivity contribution in [3.63, 3.8) is 0 Å². The Morgan fingerprint density at radius 1 is 1.47 bits per heavy atom. The van der Waals surface area contributed by atoms with Crippen LogP contribution in [-0.2, 0) is 6.42 Å². The van der Waals surface area contributed by atoms with Crippen LogP contribution in [0.3, 0.4) is 0 Å². The van der Waals surface area contributed by atoms with Gasteiger partial charge in [0.2, 0.25) is 0 Å². The number of hydrogen-bond acceptors (Lipinski definition) is 4. The minimum absolute atomic E-state index is 0.146. The van der Waals surface area contributed by atoms with Crippen molar-refractivity contribution in [2.75, 3.05) is 13.1 Å². The van der Waals surface area contributed by atoms with Gasteiger partial charge in [0.25, 0.3) is 5.91 Å². The summed E-state index contributed by atoms with van der Waals surface area (Å²) in [4.78, 5) is 19.9. The molecule has 0 unspecified atom stereocenters. The van der Waals surface area contributed by atoms with Gasteiger partial charge < -0.3 is 10.6 Å². The van der Waals surface area contributed by atoms with Gasteiger partial charge in [0, 0.05) is 19.1 Å². The molecule has 2 N–H and O–H groups in total. The van der Waals surface area contributed by atoms with E-state index in [0.29, 0.717) is 5.92 Å². The predicted octanol–water partition coefficient (Wildman–Crippen LogP) is 2.21. The third-order valence-corrected chi connectivity index (χ3v) is 4.43. The van der Waals surface area contributed by atoms with Gasteiger partial charge >= 0.3 is 0 Å².